The molecule has 7 heteroatoms. The number of ether oxygens (including phenoxy) is 1. The molecule has 0 spiro atoms. The molecule has 1 aromatic heterocycles. The largest absolute Gasteiger partial charge is 0.494 e. The van der Waals surface area contributed by atoms with Gasteiger partial charge in [-0.25, -0.2) is 23.1 Å². The molecule has 0 saturated heterocycles. The Hall–Kier alpha value is -3.26. The van der Waals surface area contributed by atoms with E-state index in [2.05, 4.69) is 48.5 Å². The van der Waals surface area contributed by atoms with Gasteiger partial charge in [0.15, 0.2) is 0 Å². The van der Waals surface area contributed by atoms with Crippen LogP contribution in [0.5, 0.6) is 5.75 Å². The van der Waals surface area contributed by atoms with E-state index in [1.54, 1.807) is 0 Å². The Morgan fingerprint density at radius 1 is 0.625 bits per heavy atom. The Morgan fingerprint density at radius 2 is 1.06 bits per heavy atom. The number of halogens is 1. The van der Waals surface area contributed by atoms with Gasteiger partial charge in [0.05, 0.1) is 29.9 Å². The maximum Gasteiger partial charge on any atom is 0.361 e. The van der Waals surface area contributed by atoms with Crippen molar-refractivity contribution in [2.75, 3.05) is 6.61 Å². The highest BCUT2D eigenvalue weighted by atomic mass is 35.7. The SMILES string of the molecule is CCOc1ccc(-c2cc(-c3ccccc3)cc(-c3ccccc3)[o+]2)cc1.[O-][Cl+3]([O-])([O-])[O-]. The average Bonchev–Trinajstić information content (AvgIpc) is 2.80. The third kappa shape index (κ3) is 7.16. The van der Waals surface area contributed by atoms with Gasteiger partial charge in [-0.05, 0) is 48.9 Å². The van der Waals surface area contributed by atoms with Gasteiger partial charge in [0.25, 0.3) is 0 Å². The molecule has 0 aliphatic carbocycles. The van der Waals surface area contributed by atoms with Crippen molar-refractivity contribution in [3.05, 3.63) is 97.1 Å². The topological polar surface area (TPSA) is 113 Å². The second-order valence-electron chi connectivity index (χ2n) is 6.64. The fourth-order valence-corrected chi connectivity index (χ4v) is 3.07. The summed E-state index contributed by atoms with van der Waals surface area (Å²) in [7, 11) is -4.94. The molecule has 4 rings (SSSR count). The second kappa shape index (κ2) is 10.9. The van der Waals surface area contributed by atoms with Crippen LogP contribution in [0.2, 0.25) is 0 Å². The molecule has 6 nitrogen and oxygen atoms in total. The lowest BCUT2D eigenvalue weighted by Crippen LogP contribution is -2.68. The lowest BCUT2D eigenvalue weighted by Gasteiger charge is -2.17. The molecule has 3 aromatic carbocycles. The zero-order valence-electron chi connectivity index (χ0n) is 17.3. The minimum atomic E-state index is -4.94. The summed E-state index contributed by atoms with van der Waals surface area (Å²) in [4.78, 5) is 0. The first kappa shape index (κ1) is 23.4. The van der Waals surface area contributed by atoms with Crippen LogP contribution in [0.1, 0.15) is 6.92 Å². The van der Waals surface area contributed by atoms with Crippen LogP contribution in [0, 0.1) is 10.2 Å². The van der Waals surface area contributed by atoms with Crippen LogP contribution in [0.25, 0.3) is 33.8 Å². The molecule has 0 fully saturated rings. The quantitative estimate of drug-likeness (QED) is 0.429. The third-order valence-corrected chi connectivity index (χ3v) is 4.41. The molecule has 0 aliphatic rings. The van der Waals surface area contributed by atoms with Crippen molar-refractivity contribution in [1.82, 2.24) is 0 Å². The Balaban J connectivity index is 0.000000523. The fourth-order valence-electron chi connectivity index (χ4n) is 3.07. The van der Waals surface area contributed by atoms with Gasteiger partial charge in [0.2, 0.25) is 0 Å². The van der Waals surface area contributed by atoms with Crippen molar-refractivity contribution in [1.29, 1.82) is 0 Å². The van der Waals surface area contributed by atoms with Crippen LogP contribution < -0.4 is 23.4 Å². The van der Waals surface area contributed by atoms with Crippen molar-refractivity contribution in [2.24, 2.45) is 0 Å². The number of hydrogen-bond acceptors (Lipinski definition) is 5. The molecule has 4 aromatic rings. The van der Waals surface area contributed by atoms with Gasteiger partial charge in [-0.1, -0.05) is 48.5 Å². The summed E-state index contributed by atoms with van der Waals surface area (Å²) < 4.78 is 45.8. The molecule has 0 unspecified atom stereocenters. The van der Waals surface area contributed by atoms with Crippen LogP contribution in [0.15, 0.2) is 101 Å². The van der Waals surface area contributed by atoms with Gasteiger partial charge >= 0.3 is 11.5 Å². The van der Waals surface area contributed by atoms with E-state index >= 15 is 0 Å². The van der Waals surface area contributed by atoms with E-state index in [4.69, 9.17) is 27.8 Å². The van der Waals surface area contributed by atoms with E-state index < -0.39 is 10.2 Å². The van der Waals surface area contributed by atoms with E-state index in [-0.39, 0.29) is 0 Å². The molecule has 0 radical (unpaired) electrons. The first-order chi connectivity index (χ1) is 15.3. The Bertz CT molecular complexity index is 1050. The molecular formula is C25H21ClO6. The van der Waals surface area contributed by atoms with Crippen LogP contribution in [-0.4, -0.2) is 6.61 Å². The fraction of sp³-hybridized carbons (Fsp3) is 0.0800. The van der Waals surface area contributed by atoms with Gasteiger partial charge in [0, 0.05) is 5.56 Å². The number of benzene rings is 3. The molecule has 32 heavy (non-hydrogen) atoms. The number of rotatable bonds is 5. The van der Waals surface area contributed by atoms with Crippen molar-refractivity contribution >= 4 is 0 Å². The van der Waals surface area contributed by atoms with Crippen LogP contribution in [-0.2, 0) is 0 Å². The summed E-state index contributed by atoms with van der Waals surface area (Å²) >= 11 is 0. The highest BCUT2D eigenvalue weighted by molar-refractivity contribution is 5.74. The van der Waals surface area contributed by atoms with E-state index in [1.165, 1.54) is 0 Å². The second-order valence-corrected chi connectivity index (χ2v) is 7.40. The zero-order chi connectivity index (χ0) is 23.0. The van der Waals surface area contributed by atoms with Crippen molar-refractivity contribution < 1.29 is 38.0 Å². The smallest absolute Gasteiger partial charge is 0.361 e. The van der Waals surface area contributed by atoms with Gasteiger partial charge in [-0.2, -0.15) is 0 Å². The van der Waals surface area contributed by atoms with Crippen LogP contribution in [0.4, 0.5) is 0 Å². The van der Waals surface area contributed by atoms with Crippen LogP contribution >= 0.6 is 0 Å². The maximum absolute atomic E-state index is 8.49. The normalized spacial score (nSPS) is 10.8. The van der Waals surface area contributed by atoms with Crippen molar-refractivity contribution in [2.45, 2.75) is 6.92 Å². The summed E-state index contributed by atoms with van der Waals surface area (Å²) in [6.07, 6.45) is 0. The Kier molecular flexibility index (Phi) is 7.94. The Morgan fingerprint density at radius 3 is 1.53 bits per heavy atom. The predicted octanol–water partition coefficient (Wildman–Crippen LogP) is 2.20. The van der Waals surface area contributed by atoms with Gasteiger partial charge in [-0.3, -0.25) is 0 Å². The van der Waals surface area contributed by atoms with Crippen molar-refractivity contribution in [3.8, 4) is 39.5 Å². The van der Waals surface area contributed by atoms with Gasteiger partial charge in [0.1, 0.15) is 5.75 Å². The van der Waals surface area contributed by atoms with Gasteiger partial charge < -0.3 is 4.74 Å². The highest BCUT2D eigenvalue weighted by Crippen LogP contribution is 2.33. The molecule has 0 atom stereocenters. The zero-order valence-corrected chi connectivity index (χ0v) is 18.0. The number of hydrogen-bond donors (Lipinski definition) is 0. The molecule has 0 bridgehead atoms. The van der Waals surface area contributed by atoms with E-state index in [0.29, 0.717) is 6.61 Å². The standard InChI is InChI=1S/C25H21O2.ClHO4/c1-2-26-23-15-13-21(14-16-23)25-18-22(19-9-5-3-6-10-19)17-24(27-25)20-11-7-4-8-12-20;2-1(3,4)5/h3-18H,2H2,1H3;(H,2,3,4,5)/q+1;/p-1. The van der Waals surface area contributed by atoms with Crippen LogP contribution in [0.3, 0.4) is 0 Å². The Labute approximate surface area is 188 Å². The van der Waals surface area contributed by atoms with E-state index in [9.17, 15) is 0 Å². The monoisotopic (exact) mass is 452 g/mol. The lowest BCUT2D eigenvalue weighted by molar-refractivity contribution is -2.00. The molecule has 0 saturated carbocycles. The molecular weight excluding hydrogens is 432 g/mol. The van der Waals surface area contributed by atoms with E-state index in [0.717, 1.165) is 39.5 Å². The van der Waals surface area contributed by atoms with E-state index in [1.807, 2.05) is 55.5 Å². The minimum Gasteiger partial charge on any atom is -0.494 e. The summed E-state index contributed by atoms with van der Waals surface area (Å²) in [5.74, 6) is 2.54. The molecule has 1 heterocycles. The summed E-state index contributed by atoms with van der Waals surface area (Å²) in [6, 6.07) is 32.8. The third-order valence-electron chi connectivity index (χ3n) is 4.41. The molecule has 0 aliphatic heterocycles. The molecule has 0 amide bonds. The lowest BCUT2D eigenvalue weighted by atomic mass is 10.0. The average molecular weight is 453 g/mol. The maximum atomic E-state index is 8.49. The van der Waals surface area contributed by atoms with Gasteiger partial charge in [-0.15, -0.1) is 10.2 Å². The minimum absolute atomic E-state index is 0.658. The summed E-state index contributed by atoms with van der Waals surface area (Å²) in [5, 5.41) is 0. The molecule has 0 N–H and O–H groups in total. The summed E-state index contributed by atoms with van der Waals surface area (Å²) in [6.45, 7) is 2.64. The predicted molar refractivity (Wildman–Crippen MR) is 111 cm³/mol. The molecule has 164 valence electrons. The van der Waals surface area contributed by atoms with Crippen molar-refractivity contribution in [3.63, 3.8) is 0 Å². The first-order valence-corrected chi connectivity index (χ1v) is 11.0. The summed E-state index contributed by atoms with van der Waals surface area (Å²) in [5.41, 5.74) is 4.37. The first-order valence-electron chi connectivity index (χ1n) is 9.77. The highest BCUT2D eigenvalue weighted by Gasteiger charge is 2.20.